The molecule has 15 nitrogen and oxygen atoms in total. The molecular formula is C40H40FN7O8S. The molecule has 4 aromatic carbocycles. The Bertz CT molecular complexity index is 2620. The van der Waals surface area contributed by atoms with Gasteiger partial charge in [0.25, 0.3) is 5.91 Å². The number of aryl methyl sites for hydroxylation is 1. The van der Waals surface area contributed by atoms with Gasteiger partial charge in [0.05, 0.1) is 11.0 Å². The minimum Gasteiger partial charge on any atom is -0.487 e. The van der Waals surface area contributed by atoms with E-state index < -0.39 is 40.4 Å². The number of imidazole rings is 1. The number of piperidine rings is 2. The SMILES string of the molecule is Cn1c(=O)n(C2CCC(=O)NC2=O)c2ccc(C3CCN(CCC(=O)Nc4ccc5c(F)c(N6CC(=O)NS6(=O)=O)c(OCc6ccccc6)cc5c4)CC3)cc21. The van der Waals surface area contributed by atoms with Gasteiger partial charge in [-0.2, -0.15) is 8.42 Å². The molecule has 3 fully saturated rings. The maximum Gasteiger partial charge on any atom is 0.329 e. The number of aromatic nitrogens is 2. The van der Waals surface area contributed by atoms with Crippen LogP contribution in [0.3, 0.4) is 0 Å². The van der Waals surface area contributed by atoms with Crippen molar-refractivity contribution in [2.45, 2.75) is 50.7 Å². The molecule has 0 aliphatic carbocycles. The van der Waals surface area contributed by atoms with Crippen LogP contribution in [-0.4, -0.2) is 72.3 Å². The fourth-order valence-electron chi connectivity index (χ4n) is 7.97. The van der Waals surface area contributed by atoms with Crippen LogP contribution in [0, 0.1) is 5.82 Å². The van der Waals surface area contributed by atoms with Crippen LogP contribution in [0.15, 0.2) is 77.6 Å². The zero-order valence-corrected chi connectivity index (χ0v) is 31.8. The third kappa shape index (κ3) is 7.47. The molecule has 296 valence electrons. The van der Waals surface area contributed by atoms with E-state index in [9.17, 15) is 32.4 Å². The van der Waals surface area contributed by atoms with Gasteiger partial charge in [-0.25, -0.2) is 18.2 Å². The maximum atomic E-state index is 16.2. The molecule has 4 heterocycles. The summed E-state index contributed by atoms with van der Waals surface area (Å²) in [7, 11) is -2.66. The van der Waals surface area contributed by atoms with Gasteiger partial charge < -0.3 is 15.0 Å². The molecule has 3 N–H and O–H groups in total. The minimum absolute atomic E-state index is 0.0125. The molecule has 3 aliphatic rings. The highest BCUT2D eigenvalue weighted by Gasteiger charge is 2.38. The van der Waals surface area contributed by atoms with Crippen LogP contribution < -0.4 is 30.1 Å². The number of hydrogen-bond donors (Lipinski definition) is 3. The van der Waals surface area contributed by atoms with Crippen molar-refractivity contribution in [3.8, 4) is 5.75 Å². The van der Waals surface area contributed by atoms with Crippen LogP contribution in [0.2, 0.25) is 0 Å². The third-order valence-electron chi connectivity index (χ3n) is 11.0. The Balaban J connectivity index is 0.912. The summed E-state index contributed by atoms with van der Waals surface area (Å²) in [5.41, 5.74) is 2.97. The molecule has 0 radical (unpaired) electrons. The van der Waals surface area contributed by atoms with Gasteiger partial charge in [-0.1, -0.05) is 36.4 Å². The first kappa shape index (κ1) is 37.8. The highest BCUT2D eigenvalue weighted by Crippen LogP contribution is 2.40. The fourth-order valence-corrected chi connectivity index (χ4v) is 9.13. The summed E-state index contributed by atoms with van der Waals surface area (Å²) >= 11 is 0. The number of halogens is 1. The second-order valence-corrected chi connectivity index (χ2v) is 16.2. The monoisotopic (exact) mass is 797 g/mol. The Labute approximate surface area is 326 Å². The molecule has 0 saturated carbocycles. The second-order valence-electron chi connectivity index (χ2n) is 14.6. The van der Waals surface area contributed by atoms with Crippen molar-refractivity contribution in [2.24, 2.45) is 7.05 Å². The first-order valence-corrected chi connectivity index (χ1v) is 20.1. The van der Waals surface area contributed by atoms with E-state index in [0.29, 0.717) is 27.4 Å². The molecule has 0 bridgehead atoms. The summed E-state index contributed by atoms with van der Waals surface area (Å²) in [5, 5.41) is 5.67. The van der Waals surface area contributed by atoms with Crippen LogP contribution in [-0.2, 0) is 43.0 Å². The number of amides is 4. The number of nitrogens with one attached hydrogen (secondary N) is 3. The van der Waals surface area contributed by atoms with Gasteiger partial charge in [-0.05, 0) is 91.2 Å². The van der Waals surface area contributed by atoms with Crippen LogP contribution in [0.4, 0.5) is 15.8 Å². The van der Waals surface area contributed by atoms with E-state index in [2.05, 4.69) is 15.5 Å². The number of nitrogens with zero attached hydrogens (tertiary/aromatic N) is 4. The zero-order chi connectivity index (χ0) is 40.0. The highest BCUT2D eigenvalue weighted by molar-refractivity contribution is 7.92. The number of carbonyl (C=O) groups is 4. The molecule has 3 aliphatic heterocycles. The summed E-state index contributed by atoms with van der Waals surface area (Å²) in [6, 6.07) is 20.3. The van der Waals surface area contributed by atoms with Crippen molar-refractivity contribution in [3.63, 3.8) is 0 Å². The number of hydrogen-bond acceptors (Lipinski definition) is 9. The van der Waals surface area contributed by atoms with E-state index >= 15 is 4.39 Å². The zero-order valence-electron chi connectivity index (χ0n) is 31.0. The summed E-state index contributed by atoms with van der Waals surface area (Å²) in [4.78, 5) is 64.8. The summed E-state index contributed by atoms with van der Waals surface area (Å²) in [5.74, 6) is -2.54. The van der Waals surface area contributed by atoms with Crippen LogP contribution >= 0.6 is 0 Å². The van der Waals surface area contributed by atoms with Crippen molar-refractivity contribution in [1.29, 1.82) is 0 Å². The second kappa shape index (κ2) is 15.1. The van der Waals surface area contributed by atoms with Gasteiger partial charge in [0, 0.05) is 37.5 Å². The van der Waals surface area contributed by atoms with Crippen molar-refractivity contribution < 1.29 is 36.7 Å². The minimum atomic E-state index is -4.34. The predicted molar refractivity (Wildman–Crippen MR) is 209 cm³/mol. The number of rotatable bonds is 10. The topological polar surface area (TPSA) is 181 Å². The molecule has 0 spiro atoms. The lowest BCUT2D eigenvalue weighted by Crippen LogP contribution is -2.44. The summed E-state index contributed by atoms with van der Waals surface area (Å²) < 4.78 is 53.2. The fraction of sp³-hybridized carbons (Fsp3) is 0.325. The van der Waals surface area contributed by atoms with Gasteiger partial charge >= 0.3 is 15.9 Å². The number of fused-ring (bicyclic) bond motifs is 2. The van der Waals surface area contributed by atoms with E-state index in [0.717, 1.165) is 42.6 Å². The van der Waals surface area contributed by atoms with Crippen molar-refractivity contribution in [1.82, 2.24) is 24.1 Å². The Morgan fingerprint density at radius 3 is 2.42 bits per heavy atom. The smallest absolute Gasteiger partial charge is 0.329 e. The van der Waals surface area contributed by atoms with E-state index in [1.807, 2.05) is 53.3 Å². The number of benzene rings is 4. The van der Waals surface area contributed by atoms with Gasteiger partial charge in [0.2, 0.25) is 17.7 Å². The number of carbonyl (C=O) groups excluding carboxylic acids is 4. The van der Waals surface area contributed by atoms with Gasteiger partial charge in [-0.15, -0.1) is 0 Å². The Morgan fingerprint density at radius 2 is 1.70 bits per heavy atom. The molecule has 8 rings (SSSR count). The quantitative estimate of drug-likeness (QED) is 0.178. The molecule has 3 saturated heterocycles. The lowest BCUT2D eigenvalue weighted by atomic mass is 9.89. The molecule has 5 aromatic rings. The van der Waals surface area contributed by atoms with E-state index in [1.165, 1.54) is 22.8 Å². The largest absolute Gasteiger partial charge is 0.487 e. The molecule has 1 aromatic heterocycles. The summed E-state index contributed by atoms with van der Waals surface area (Å²) in [6.45, 7) is 1.48. The number of likely N-dealkylation sites (tertiary alicyclic amines) is 1. The highest BCUT2D eigenvalue weighted by atomic mass is 32.2. The average Bonchev–Trinajstić information content (AvgIpc) is 3.61. The third-order valence-corrected chi connectivity index (χ3v) is 12.3. The maximum absolute atomic E-state index is 16.2. The predicted octanol–water partition coefficient (Wildman–Crippen LogP) is 3.58. The standard InChI is InChI=1S/C40H40FN7O8S/c1-45-32-20-26(7-10-30(32)48(40(45)53)31-11-12-34(49)43-39(31)52)25-13-16-46(17-14-25)18-15-35(50)42-28-8-9-29-27(19-28)21-33(56-23-24-5-3-2-4-6-24)38(37(29)41)47-22-36(51)44-57(47,54)55/h2-10,19-21,25,31H,11-18,22-23H2,1H3,(H,42,50)(H,44,51)(H,43,49,52). The first-order valence-electron chi connectivity index (χ1n) is 18.7. The van der Waals surface area contributed by atoms with E-state index in [1.54, 1.807) is 17.7 Å². The van der Waals surface area contributed by atoms with Crippen molar-refractivity contribution in [2.75, 3.05) is 35.8 Å². The van der Waals surface area contributed by atoms with Gasteiger partial charge in [0.15, 0.2) is 5.82 Å². The van der Waals surface area contributed by atoms with Crippen LogP contribution in [0.1, 0.15) is 55.2 Å². The first-order chi connectivity index (χ1) is 27.4. The number of imide groups is 1. The average molecular weight is 798 g/mol. The molecular weight excluding hydrogens is 758 g/mol. The lowest BCUT2D eigenvalue weighted by molar-refractivity contribution is -0.135. The number of ether oxygens (including phenoxy) is 1. The molecule has 57 heavy (non-hydrogen) atoms. The normalized spacial score (nSPS) is 18.9. The van der Waals surface area contributed by atoms with Gasteiger partial charge in [0.1, 0.15) is 30.6 Å². The Hall–Kier alpha value is -6.07. The molecule has 1 unspecified atom stereocenters. The van der Waals surface area contributed by atoms with Crippen LogP contribution in [0.25, 0.3) is 21.8 Å². The molecule has 17 heteroatoms. The molecule has 1 atom stereocenters. The van der Waals surface area contributed by atoms with E-state index in [-0.39, 0.29) is 66.1 Å². The van der Waals surface area contributed by atoms with Gasteiger partial charge in [-0.3, -0.25) is 33.6 Å². The number of anilines is 2. The van der Waals surface area contributed by atoms with Crippen molar-refractivity contribution in [3.05, 3.63) is 100 Å². The Kier molecular flexibility index (Phi) is 10.0. The van der Waals surface area contributed by atoms with E-state index in [4.69, 9.17) is 4.74 Å². The van der Waals surface area contributed by atoms with Crippen LogP contribution in [0.5, 0.6) is 5.75 Å². The van der Waals surface area contributed by atoms with Crippen molar-refractivity contribution >= 4 is 67.0 Å². The molecule has 4 amide bonds. The Morgan fingerprint density at radius 1 is 0.930 bits per heavy atom. The lowest BCUT2D eigenvalue weighted by Gasteiger charge is -2.32. The summed E-state index contributed by atoms with van der Waals surface area (Å²) in [6.07, 6.45) is 2.37.